The average Bonchev–Trinajstić information content (AvgIpc) is 3.01. The van der Waals surface area contributed by atoms with Crippen LogP contribution in [0, 0.1) is 0 Å². The van der Waals surface area contributed by atoms with Crippen LogP contribution in [0.15, 0.2) is 42.9 Å². The molecule has 1 aromatic carbocycles. The Morgan fingerprint density at radius 2 is 2.17 bits per heavy atom. The number of benzene rings is 1. The largest absolute Gasteiger partial charge is 0.384 e. The van der Waals surface area contributed by atoms with Gasteiger partial charge < -0.3 is 5.32 Å². The zero-order chi connectivity index (χ0) is 11.9. The molecule has 0 bridgehead atoms. The summed E-state index contributed by atoms with van der Waals surface area (Å²) < 4.78 is 2.00. The zero-order valence-electron chi connectivity index (χ0n) is 9.61. The second-order valence-corrected chi connectivity index (χ2v) is 4.38. The van der Waals surface area contributed by atoms with Gasteiger partial charge in [0, 0.05) is 24.6 Å². The number of hydrogen-bond donors (Lipinski definition) is 1. The van der Waals surface area contributed by atoms with Crippen molar-refractivity contribution in [3.05, 3.63) is 54.2 Å². The fraction of sp³-hybridized carbons (Fsp3) is 0.154. The summed E-state index contributed by atoms with van der Waals surface area (Å²) in [6, 6.07) is 8.34. The Bertz CT molecular complexity index is 718. The summed E-state index contributed by atoms with van der Waals surface area (Å²) in [5, 5.41) is 11.9. The maximum atomic E-state index is 4.31. The van der Waals surface area contributed by atoms with Crippen molar-refractivity contribution >= 4 is 11.3 Å². The molecule has 0 spiro atoms. The molecule has 3 aromatic rings. The predicted octanol–water partition coefficient (Wildman–Crippen LogP) is 1.68. The van der Waals surface area contributed by atoms with E-state index < -0.39 is 0 Å². The SMILES string of the molecule is c1ccc2c(c1)NCC2c1nnc2cnccn12. The van der Waals surface area contributed by atoms with Crippen molar-refractivity contribution in [2.75, 3.05) is 11.9 Å². The molecular formula is C13H11N5. The summed E-state index contributed by atoms with van der Waals surface area (Å²) in [5.41, 5.74) is 3.26. The van der Waals surface area contributed by atoms with Gasteiger partial charge in [-0.05, 0) is 11.6 Å². The van der Waals surface area contributed by atoms with E-state index in [1.807, 2.05) is 16.7 Å². The van der Waals surface area contributed by atoms with Crippen molar-refractivity contribution in [2.24, 2.45) is 0 Å². The molecule has 5 nitrogen and oxygen atoms in total. The first-order chi connectivity index (χ1) is 8.93. The molecule has 2 aromatic heterocycles. The lowest BCUT2D eigenvalue weighted by Gasteiger charge is -2.07. The maximum absolute atomic E-state index is 4.31. The Morgan fingerprint density at radius 3 is 3.17 bits per heavy atom. The third-order valence-corrected chi connectivity index (χ3v) is 3.38. The molecule has 1 aliphatic heterocycles. The molecule has 0 fully saturated rings. The van der Waals surface area contributed by atoms with Gasteiger partial charge in [-0.25, -0.2) is 0 Å². The minimum Gasteiger partial charge on any atom is -0.384 e. The minimum atomic E-state index is 0.249. The van der Waals surface area contributed by atoms with Gasteiger partial charge in [0.2, 0.25) is 0 Å². The highest BCUT2D eigenvalue weighted by atomic mass is 15.3. The molecule has 0 aliphatic carbocycles. The minimum absolute atomic E-state index is 0.249. The number of rotatable bonds is 1. The normalized spacial score (nSPS) is 17.7. The van der Waals surface area contributed by atoms with Gasteiger partial charge in [0.1, 0.15) is 5.82 Å². The van der Waals surface area contributed by atoms with Gasteiger partial charge in [-0.2, -0.15) is 0 Å². The molecule has 1 N–H and O–H groups in total. The summed E-state index contributed by atoms with van der Waals surface area (Å²) in [6.45, 7) is 0.864. The van der Waals surface area contributed by atoms with E-state index in [1.54, 1.807) is 12.4 Å². The number of hydrogen-bond acceptors (Lipinski definition) is 4. The van der Waals surface area contributed by atoms with E-state index in [0.717, 1.165) is 18.0 Å². The van der Waals surface area contributed by atoms with Crippen molar-refractivity contribution in [3.63, 3.8) is 0 Å². The summed E-state index contributed by atoms with van der Waals surface area (Å²) in [7, 11) is 0. The van der Waals surface area contributed by atoms with Crippen LogP contribution >= 0.6 is 0 Å². The molecule has 3 heterocycles. The summed E-state index contributed by atoms with van der Waals surface area (Å²) in [4.78, 5) is 4.06. The monoisotopic (exact) mass is 237 g/mol. The molecule has 5 heteroatoms. The fourth-order valence-corrected chi connectivity index (χ4v) is 2.52. The van der Waals surface area contributed by atoms with Gasteiger partial charge in [0.15, 0.2) is 5.65 Å². The highest BCUT2D eigenvalue weighted by Crippen LogP contribution is 2.34. The Balaban J connectivity index is 1.90. The van der Waals surface area contributed by atoms with Crippen LogP contribution in [0.5, 0.6) is 0 Å². The number of anilines is 1. The van der Waals surface area contributed by atoms with Crippen LogP contribution in [-0.4, -0.2) is 26.1 Å². The molecule has 0 saturated heterocycles. The third-order valence-electron chi connectivity index (χ3n) is 3.38. The molecule has 18 heavy (non-hydrogen) atoms. The number of para-hydroxylation sites is 1. The molecule has 4 rings (SSSR count). The van der Waals surface area contributed by atoms with E-state index in [-0.39, 0.29) is 5.92 Å². The highest BCUT2D eigenvalue weighted by molar-refractivity contribution is 5.59. The van der Waals surface area contributed by atoms with Gasteiger partial charge in [0.05, 0.1) is 12.1 Å². The van der Waals surface area contributed by atoms with Crippen molar-refractivity contribution in [1.29, 1.82) is 0 Å². The summed E-state index contributed by atoms with van der Waals surface area (Å²) >= 11 is 0. The lowest BCUT2D eigenvalue weighted by atomic mass is 10.0. The lowest BCUT2D eigenvalue weighted by molar-refractivity contribution is 0.790. The van der Waals surface area contributed by atoms with E-state index in [9.17, 15) is 0 Å². The van der Waals surface area contributed by atoms with Crippen molar-refractivity contribution in [3.8, 4) is 0 Å². The van der Waals surface area contributed by atoms with E-state index in [4.69, 9.17) is 0 Å². The molecule has 1 unspecified atom stereocenters. The summed E-state index contributed by atoms with van der Waals surface area (Å²) in [5.74, 6) is 1.21. The fourth-order valence-electron chi connectivity index (χ4n) is 2.52. The van der Waals surface area contributed by atoms with Crippen LogP contribution in [0.1, 0.15) is 17.3 Å². The van der Waals surface area contributed by atoms with Crippen LogP contribution in [0.25, 0.3) is 5.65 Å². The van der Waals surface area contributed by atoms with Crippen LogP contribution in [-0.2, 0) is 0 Å². The highest BCUT2D eigenvalue weighted by Gasteiger charge is 2.27. The standard InChI is InChI=1S/C13H11N5/c1-2-4-11-9(3-1)10(7-15-11)13-17-16-12-8-14-5-6-18(12)13/h1-6,8,10,15H,7H2. The number of nitrogens with zero attached hydrogens (tertiary/aromatic N) is 4. The molecule has 0 amide bonds. The Labute approximate surface area is 104 Å². The quantitative estimate of drug-likeness (QED) is 0.699. The first-order valence-corrected chi connectivity index (χ1v) is 5.91. The van der Waals surface area contributed by atoms with Crippen molar-refractivity contribution in [1.82, 2.24) is 19.6 Å². The Kier molecular flexibility index (Phi) is 1.88. The summed E-state index contributed by atoms with van der Waals surface area (Å²) in [6.07, 6.45) is 5.39. The van der Waals surface area contributed by atoms with Crippen LogP contribution in [0.3, 0.4) is 0 Å². The second kappa shape index (κ2) is 3.53. The van der Waals surface area contributed by atoms with Crippen LogP contribution in [0.4, 0.5) is 5.69 Å². The van der Waals surface area contributed by atoms with Crippen LogP contribution in [0.2, 0.25) is 0 Å². The van der Waals surface area contributed by atoms with Gasteiger partial charge >= 0.3 is 0 Å². The zero-order valence-corrected chi connectivity index (χ0v) is 9.61. The molecule has 1 atom stereocenters. The van der Waals surface area contributed by atoms with E-state index in [2.05, 4.69) is 38.7 Å². The van der Waals surface area contributed by atoms with Crippen LogP contribution < -0.4 is 5.32 Å². The number of fused-ring (bicyclic) bond motifs is 2. The van der Waals surface area contributed by atoms with E-state index in [0.29, 0.717) is 0 Å². The number of nitrogens with one attached hydrogen (secondary N) is 1. The maximum Gasteiger partial charge on any atom is 0.179 e. The van der Waals surface area contributed by atoms with E-state index in [1.165, 1.54) is 11.3 Å². The molecule has 1 aliphatic rings. The average molecular weight is 237 g/mol. The second-order valence-electron chi connectivity index (χ2n) is 4.38. The Morgan fingerprint density at radius 1 is 1.22 bits per heavy atom. The smallest absolute Gasteiger partial charge is 0.179 e. The predicted molar refractivity (Wildman–Crippen MR) is 67.6 cm³/mol. The first kappa shape index (κ1) is 9.58. The molecule has 0 radical (unpaired) electrons. The van der Waals surface area contributed by atoms with Crippen molar-refractivity contribution < 1.29 is 0 Å². The van der Waals surface area contributed by atoms with Gasteiger partial charge in [-0.15, -0.1) is 10.2 Å². The Hall–Kier alpha value is -2.43. The van der Waals surface area contributed by atoms with Gasteiger partial charge in [-0.1, -0.05) is 18.2 Å². The molecule has 88 valence electrons. The first-order valence-electron chi connectivity index (χ1n) is 5.91. The topological polar surface area (TPSA) is 55.1 Å². The van der Waals surface area contributed by atoms with E-state index >= 15 is 0 Å². The lowest BCUT2D eigenvalue weighted by Crippen LogP contribution is -2.08. The van der Waals surface area contributed by atoms with Gasteiger partial charge in [-0.3, -0.25) is 9.38 Å². The molecular weight excluding hydrogens is 226 g/mol. The van der Waals surface area contributed by atoms with Crippen molar-refractivity contribution in [2.45, 2.75) is 5.92 Å². The van der Waals surface area contributed by atoms with Gasteiger partial charge in [0.25, 0.3) is 0 Å². The number of aromatic nitrogens is 4. The molecule has 0 saturated carbocycles. The third kappa shape index (κ3) is 1.24.